The van der Waals surface area contributed by atoms with Gasteiger partial charge < -0.3 is 15.4 Å². The van der Waals surface area contributed by atoms with E-state index in [0.29, 0.717) is 25.6 Å². The molecule has 1 amide bonds. The number of carbonyl (C=O) groups excluding carboxylic acids is 1. The number of ether oxygens (including phenoxy) is 1. The minimum atomic E-state index is -0.396. The van der Waals surface area contributed by atoms with E-state index >= 15 is 0 Å². The normalized spacial score (nSPS) is 25.6. The molecule has 0 aromatic heterocycles. The van der Waals surface area contributed by atoms with E-state index in [9.17, 15) is 4.79 Å². The summed E-state index contributed by atoms with van der Waals surface area (Å²) in [7, 11) is 0. The number of piperidine rings is 1. The van der Waals surface area contributed by atoms with Crippen LogP contribution in [0.3, 0.4) is 0 Å². The Hall–Kier alpha value is -1.10. The van der Waals surface area contributed by atoms with Crippen molar-refractivity contribution in [1.29, 1.82) is 0 Å². The average Bonchev–Trinajstić information content (AvgIpc) is 2.55. The van der Waals surface area contributed by atoms with Crippen molar-refractivity contribution in [2.75, 3.05) is 26.3 Å². The molecule has 2 saturated heterocycles. The summed E-state index contributed by atoms with van der Waals surface area (Å²) >= 11 is 6.02. The third-order valence-electron chi connectivity index (χ3n) is 5.85. The summed E-state index contributed by atoms with van der Waals surface area (Å²) in [6, 6.07) is 8.13. The summed E-state index contributed by atoms with van der Waals surface area (Å²) in [5.74, 6) is 0.621. The predicted octanol–water partition coefficient (Wildman–Crippen LogP) is 3.58. The summed E-state index contributed by atoms with van der Waals surface area (Å²) < 4.78 is 5.38. The van der Waals surface area contributed by atoms with Gasteiger partial charge in [-0.15, -0.1) is 0 Å². The Bertz CT molecular complexity index is 609. The summed E-state index contributed by atoms with van der Waals surface area (Å²) in [5, 5.41) is 0.763. The van der Waals surface area contributed by atoms with Gasteiger partial charge in [0, 0.05) is 43.3 Å². The Morgan fingerprint density at radius 2 is 1.92 bits per heavy atom. The Labute approximate surface area is 155 Å². The van der Waals surface area contributed by atoms with Crippen molar-refractivity contribution < 1.29 is 9.53 Å². The van der Waals surface area contributed by atoms with Crippen molar-refractivity contribution in [3.05, 3.63) is 34.9 Å². The number of nitrogens with zero attached hydrogens (tertiary/aromatic N) is 1. The predicted molar refractivity (Wildman–Crippen MR) is 101 cm³/mol. The maximum absolute atomic E-state index is 12.8. The lowest BCUT2D eigenvalue weighted by Crippen LogP contribution is -2.52. The molecule has 1 aromatic carbocycles. The molecule has 0 spiro atoms. The van der Waals surface area contributed by atoms with E-state index in [1.165, 1.54) is 5.56 Å². The van der Waals surface area contributed by atoms with Crippen LogP contribution in [0.15, 0.2) is 24.3 Å². The summed E-state index contributed by atoms with van der Waals surface area (Å²) in [6.07, 6.45) is 2.94. The highest BCUT2D eigenvalue weighted by Gasteiger charge is 2.40. The first kappa shape index (κ1) is 18.7. The van der Waals surface area contributed by atoms with E-state index in [2.05, 4.69) is 26.0 Å². The molecule has 2 heterocycles. The first-order valence-electron chi connectivity index (χ1n) is 9.19. The molecule has 2 aliphatic rings. The number of rotatable bonds is 3. The molecule has 1 atom stereocenters. The Morgan fingerprint density at radius 3 is 2.52 bits per heavy atom. The van der Waals surface area contributed by atoms with E-state index < -0.39 is 5.54 Å². The summed E-state index contributed by atoms with van der Waals surface area (Å²) in [4.78, 5) is 14.8. The maximum Gasteiger partial charge on any atom is 0.224 e. The van der Waals surface area contributed by atoms with E-state index in [0.717, 1.165) is 37.4 Å². The fourth-order valence-electron chi connectivity index (χ4n) is 4.25. The molecular formula is C20H29ClN2O2. The Balaban J connectivity index is 1.65. The van der Waals surface area contributed by atoms with Gasteiger partial charge in [-0.3, -0.25) is 4.79 Å². The van der Waals surface area contributed by atoms with Crippen LogP contribution in [-0.4, -0.2) is 42.6 Å². The van der Waals surface area contributed by atoms with Crippen LogP contribution in [0.2, 0.25) is 5.02 Å². The quantitative estimate of drug-likeness (QED) is 0.891. The molecule has 2 aliphatic heterocycles. The van der Waals surface area contributed by atoms with Gasteiger partial charge in [-0.05, 0) is 48.3 Å². The molecule has 4 nitrogen and oxygen atoms in total. The maximum atomic E-state index is 12.8. The van der Waals surface area contributed by atoms with Crippen LogP contribution >= 0.6 is 11.6 Å². The number of amides is 1. The first-order chi connectivity index (χ1) is 11.8. The second-order valence-corrected chi connectivity index (χ2v) is 8.78. The second-order valence-electron chi connectivity index (χ2n) is 8.35. The van der Waals surface area contributed by atoms with Gasteiger partial charge >= 0.3 is 0 Å². The molecule has 2 N–H and O–H groups in total. The number of hydrogen-bond donors (Lipinski definition) is 1. The van der Waals surface area contributed by atoms with Crippen molar-refractivity contribution in [3.8, 4) is 0 Å². The summed E-state index contributed by atoms with van der Waals surface area (Å²) in [5.41, 5.74) is 7.36. The zero-order chi connectivity index (χ0) is 18.1. The standard InChI is InChI=1S/C20H29ClN2O2/c1-19(2)14-23(18(24)13-20(22)8-11-25-12-9-20)10-7-17(19)15-3-5-16(21)6-4-15/h3-6,17H,7-14,22H2,1-2H3. The van der Waals surface area contributed by atoms with E-state index in [4.69, 9.17) is 22.1 Å². The molecule has 1 aromatic rings. The lowest BCUT2D eigenvalue weighted by atomic mass is 9.70. The first-order valence-corrected chi connectivity index (χ1v) is 9.57. The highest BCUT2D eigenvalue weighted by molar-refractivity contribution is 6.30. The van der Waals surface area contributed by atoms with Gasteiger partial charge in [-0.25, -0.2) is 0 Å². The minimum Gasteiger partial charge on any atom is -0.381 e. The van der Waals surface area contributed by atoms with Crippen LogP contribution in [0, 0.1) is 5.41 Å². The number of nitrogens with two attached hydrogens (primary N) is 1. The summed E-state index contributed by atoms with van der Waals surface area (Å²) in [6.45, 7) is 7.38. The number of benzene rings is 1. The van der Waals surface area contributed by atoms with Crippen molar-refractivity contribution >= 4 is 17.5 Å². The number of carbonyl (C=O) groups is 1. The number of likely N-dealkylation sites (tertiary alicyclic amines) is 1. The van der Waals surface area contributed by atoms with Crippen LogP contribution < -0.4 is 5.73 Å². The van der Waals surface area contributed by atoms with Crippen LogP contribution in [0.5, 0.6) is 0 Å². The molecule has 0 saturated carbocycles. The van der Waals surface area contributed by atoms with Gasteiger partial charge in [0.2, 0.25) is 5.91 Å². The topological polar surface area (TPSA) is 55.6 Å². The molecule has 0 radical (unpaired) electrons. The van der Waals surface area contributed by atoms with Crippen molar-refractivity contribution in [2.45, 2.75) is 51.0 Å². The molecule has 3 rings (SSSR count). The minimum absolute atomic E-state index is 0.0270. The zero-order valence-electron chi connectivity index (χ0n) is 15.3. The molecular weight excluding hydrogens is 336 g/mol. The third-order valence-corrected chi connectivity index (χ3v) is 6.10. The van der Waals surface area contributed by atoms with Crippen molar-refractivity contribution in [3.63, 3.8) is 0 Å². The molecule has 5 heteroatoms. The molecule has 25 heavy (non-hydrogen) atoms. The second kappa shape index (κ2) is 7.26. The number of hydrogen-bond acceptors (Lipinski definition) is 3. The smallest absolute Gasteiger partial charge is 0.224 e. The van der Waals surface area contributed by atoms with Crippen LogP contribution in [-0.2, 0) is 9.53 Å². The van der Waals surface area contributed by atoms with Gasteiger partial charge in [-0.2, -0.15) is 0 Å². The van der Waals surface area contributed by atoms with Crippen molar-refractivity contribution in [2.24, 2.45) is 11.1 Å². The van der Waals surface area contributed by atoms with E-state index in [1.807, 2.05) is 17.0 Å². The number of halogens is 1. The molecule has 138 valence electrons. The molecule has 0 aliphatic carbocycles. The van der Waals surface area contributed by atoms with Gasteiger partial charge in [0.15, 0.2) is 0 Å². The van der Waals surface area contributed by atoms with Crippen molar-refractivity contribution in [1.82, 2.24) is 4.90 Å². The molecule has 1 unspecified atom stereocenters. The van der Waals surface area contributed by atoms with Gasteiger partial charge in [0.05, 0.1) is 0 Å². The monoisotopic (exact) mass is 364 g/mol. The van der Waals surface area contributed by atoms with Gasteiger partial charge in [-0.1, -0.05) is 37.6 Å². The highest BCUT2D eigenvalue weighted by atomic mass is 35.5. The fraction of sp³-hybridized carbons (Fsp3) is 0.650. The van der Waals surface area contributed by atoms with Gasteiger partial charge in [0.1, 0.15) is 0 Å². The van der Waals surface area contributed by atoms with E-state index in [-0.39, 0.29) is 11.3 Å². The fourth-order valence-corrected chi connectivity index (χ4v) is 4.38. The third kappa shape index (κ3) is 4.36. The molecule has 0 bridgehead atoms. The van der Waals surface area contributed by atoms with E-state index in [1.54, 1.807) is 0 Å². The van der Waals surface area contributed by atoms with Crippen LogP contribution in [0.1, 0.15) is 51.0 Å². The van der Waals surface area contributed by atoms with Gasteiger partial charge in [0.25, 0.3) is 0 Å². The lowest BCUT2D eigenvalue weighted by molar-refractivity contribution is -0.136. The van der Waals surface area contributed by atoms with Crippen LogP contribution in [0.25, 0.3) is 0 Å². The van der Waals surface area contributed by atoms with Crippen LogP contribution in [0.4, 0.5) is 0 Å². The average molecular weight is 365 g/mol. The zero-order valence-corrected chi connectivity index (χ0v) is 16.0. The largest absolute Gasteiger partial charge is 0.381 e. The Morgan fingerprint density at radius 1 is 1.28 bits per heavy atom. The SMILES string of the molecule is CC1(C)CN(C(=O)CC2(N)CCOCC2)CCC1c1ccc(Cl)cc1. The molecule has 2 fully saturated rings. The highest BCUT2D eigenvalue weighted by Crippen LogP contribution is 2.42. The lowest BCUT2D eigenvalue weighted by Gasteiger charge is -2.45. The Kier molecular flexibility index (Phi) is 5.42.